The average molecular weight is 423 g/mol. The number of carbonyl (C=O) groups is 3. The van der Waals surface area contributed by atoms with Crippen molar-refractivity contribution in [1.29, 1.82) is 0 Å². The largest absolute Gasteiger partial charge is 0.462 e. The van der Waals surface area contributed by atoms with Crippen LogP contribution in [0.1, 0.15) is 47.0 Å². The van der Waals surface area contributed by atoms with Crippen LogP contribution in [0.15, 0.2) is 22.8 Å². The summed E-state index contributed by atoms with van der Waals surface area (Å²) in [5.41, 5.74) is -1.72. The van der Waals surface area contributed by atoms with Crippen molar-refractivity contribution in [3.05, 3.63) is 22.8 Å². The van der Waals surface area contributed by atoms with E-state index in [2.05, 4.69) is 0 Å². The van der Waals surface area contributed by atoms with E-state index in [1.165, 1.54) is 19.9 Å². The van der Waals surface area contributed by atoms with Gasteiger partial charge in [0.05, 0.1) is 6.10 Å². The summed E-state index contributed by atoms with van der Waals surface area (Å²) in [5.74, 6) is -1.47. The SMILES string of the molecule is CC(=O)O[C@]1(C(C)=O)CC(O)[C@H]2[C@@H]3C=C(Cl)C4=CC(=O)OC[C@]4(C)[C@H]3CC[C@@]21C. The Bertz CT molecular complexity index is 861. The van der Waals surface area contributed by atoms with Gasteiger partial charge < -0.3 is 14.6 Å². The van der Waals surface area contributed by atoms with E-state index in [1.54, 1.807) is 0 Å². The third-order valence-electron chi connectivity index (χ3n) is 8.12. The monoisotopic (exact) mass is 422 g/mol. The van der Waals surface area contributed by atoms with Gasteiger partial charge in [0.2, 0.25) is 0 Å². The summed E-state index contributed by atoms with van der Waals surface area (Å²) < 4.78 is 11.0. The number of rotatable bonds is 2. The quantitative estimate of drug-likeness (QED) is 0.688. The van der Waals surface area contributed by atoms with E-state index in [-0.39, 0.29) is 36.6 Å². The lowest BCUT2D eigenvalue weighted by Crippen LogP contribution is -2.59. The number of aliphatic hydroxyl groups excluding tert-OH is 1. The van der Waals surface area contributed by atoms with Gasteiger partial charge in [0.25, 0.3) is 0 Å². The van der Waals surface area contributed by atoms with Crippen molar-refractivity contribution < 1.29 is 29.0 Å². The second kappa shape index (κ2) is 6.42. The van der Waals surface area contributed by atoms with E-state index < -0.39 is 34.5 Å². The minimum Gasteiger partial charge on any atom is -0.462 e. The molecular weight excluding hydrogens is 396 g/mol. The molecule has 6 nitrogen and oxygen atoms in total. The Balaban J connectivity index is 1.84. The summed E-state index contributed by atoms with van der Waals surface area (Å²) in [6, 6.07) is 0. The number of esters is 2. The van der Waals surface area contributed by atoms with Crippen LogP contribution in [-0.2, 0) is 23.9 Å². The minimum absolute atomic E-state index is 0.0894. The fourth-order valence-electron chi connectivity index (χ4n) is 6.81. The molecule has 3 aliphatic carbocycles. The van der Waals surface area contributed by atoms with Crippen LogP contribution in [0.2, 0.25) is 0 Å². The van der Waals surface area contributed by atoms with Gasteiger partial charge in [-0.1, -0.05) is 31.5 Å². The molecule has 0 saturated heterocycles. The van der Waals surface area contributed by atoms with Crippen LogP contribution in [0.3, 0.4) is 0 Å². The predicted octanol–water partition coefficient (Wildman–Crippen LogP) is 2.92. The van der Waals surface area contributed by atoms with Crippen molar-refractivity contribution in [2.45, 2.75) is 58.7 Å². The van der Waals surface area contributed by atoms with Crippen molar-refractivity contribution in [3.8, 4) is 0 Å². The fourth-order valence-corrected chi connectivity index (χ4v) is 7.23. The smallest absolute Gasteiger partial charge is 0.331 e. The first kappa shape index (κ1) is 20.6. The van der Waals surface area contributed by atoms with Crippen LogP contribution in [0, 0.1) is 28.6 Å². The third-order valence-corrected chi connectivity index (χ3v) is 8.45. The summed E-state index contributed by atoms with van der Waals surface area (Å²) in [4.78, 5) is 36.5. The number of ether oxygens (including phenoxy) is 2. The zero-order valence-corrected chi connectivity index (χ0v) is 17.9. The number of allylic oxidation sites excluding steroid dienone is 2. The van der Waals surface area contributed by atoms with Gasteiger partial charge in [0, 0.05) is 41.2 Å². The van der Waals surface area contributed by atoms with Gasteiger partial charge in [-0.25, -0.2) is 4.79 Å². The van der Waals surface area contributed by atoms with E-state index in [9.17, 15) is 19.5 Å². The van der Waals surface area contributed by atoms with Gasteiger partial charge in [0.15, 0.2) is 11.4 Å². The maximum Gasteiger partial charge on any atom is 0.331 e. The molecule has 1 aliphatic heterocycles. The minimum atomic E-state index is -1.34. The third kappa shape index (κ3) is 2.61. The highest BCUT2D eigenvalue weighted by atomic mass is 35.5. The average Bonchev–Trinajstić information content (AvgIpc) is 2.84. The van der Waals surface area contributed by atoms with Crippen LogP contribution < -0.4 is 0 Å². The molecule has 1 heterocycles. The molecule has 0 aromatic rings. The van der Waals surface area contributed by atoms with Crippen molar-refractivity contribution in [1.82, 2.24) is 0 Å². The van der Waals surface area contributed by atoms with E-state index in [0.29, 0.717) is 11.5 Å². The maximum atomic E-state index is 12.8. The Morgan fingerprint density at radius 2 is 2.00 bits per heavy atom. The molecule has 0 spiro atoms. The summed E-state index contributed by atoms with van der Waals surface area (Å²) in [6.45, 7) is 6.97. The first-order valence-electron chi connectivity index (χ1n) is 10.1. The molecule has 4 aliphatic rings. The number of aliphatic hydroxyl groups is 1. The number of Topliss-reactive ketones (excluding diaryl/α,β-unsaturated/α-hetero) is 1. The molecule has 0 radical (unpaired) electrons. The Kier molecular flexibility index (Phi) is 4.56. The molecule has 29 heavy (non-hydrogen) atoms. The Labute approximate surface area is 175 Å². The van der Waals surface area contributed by atoms with Crippen molar-refractivity contribution in [2.24, 2.45) is 28.6 Å². The second-order valence-corrected chi connectivity index (χ2v) is 9.92. The Hall–Kier alpha value is -1.66. The highest BCUT2D eigenvalue weighted by Gasteiger charge is 2.70. The molecule has 0 amide bonds. The highest BCUT2D eigenvalue weighted by molar-refractivity contribution is 6.32. The van der Waals surface area contributed by atoms with Crippen molar-refractivity contribution >= 4 is 29.3 Å². The van der Waals surface area contributed by atoms with E-state index in [0.717, 1.165) is 12.0 Å². The molecule has 7 heteroatoms. The highest BCUT2D eigenvalue weighted by Crippen LogP contribution is 2.67. The molecule has 2 fully saturated rings. The van der Waals surface area contributed by atoms with Crippen LogP contribution >= 0.6 is 11.6 Å². The fraction of sp³-hybridized carbons (Fsp3) is 0.682. The zero-order valence-electron chi connectivity index (χ0n) is 17.2. The van der Waals surface area contributed by atoms with Crippen LogP contribution in [0.4, 0.5) is 0 Å². The molecule has 1 unspecified atom stereocenters. The number of ketones is 1. The molecule has 0 aromatic carbocycles. The van der Waals surface area contributed by atoms with Gasteiger partial charge in [0.1, 0.15) is 6.61 Å². The number of carbonyl (C=O) groups excluding carboxylic acids is 3. The van der Waals surface area contributed by atoms with Crippen LogP contribution in [0.25, 0.3) is 0 Å². The number of halogens is 1. The maximum absolute atomic E-state index is 12.8. The molecule has 1 N–H and O–H groups in total. The van der Waals surface area contributed by atoms with Crippen LogP contribution in [-0.4, -0.2) is 41.1 Å². The standard InChI is InChI=1S/C22H27ClO6/c1-11(24)22(29-12(2)25)9-17(26)19-13-7-16(23)15-8-18(27)28-10-20(15,3)14(13)5-6-21(19,22)4/h7-8,13-14,17,19,26H,5-6,9-10H2,1-4H3/t13-,14+,17?,19-,20-,21+,22+/m1/s1. The van der Waals surface area contributed by atoms with E-state index in [1.807, 2.05) is 19.9 Å². The lowest BCUT2D eigenvalue weighted by Gasteiger charge is -2.57. The van der Waals surface area contributed by atoms with Crippen LogP contribution in [0.5, 0.6) is 0 Å². The summed E-state index contributed by atoms with van der Waals surface area (Å²) in [5, 5.41) is 11.6. The first-order valence-corrected chi connectivity index (χ1v) is 10.5. The molecule has 158 valence electrons. The molecule has 0 aromatic heterocycles. The van der Waals surface area contributed by atoms with Gasteiger partial charge in [-0.2, -0.15) is 0 Å². The predicted molar refractivity (Wildman–Crippen MR) is 105 cm³/mol. The van der Waals surface area contributed by atoms with Gasteiger partial charge in [-0.05, 0) is 37.2 Å². The number of hydrogen-bond donors (Lipinski definition) is 1. The Morgan fingerprint density at radius 3 is 2.62 bits per heavy atom. The lowest BCUT2D eigenvalue weighted by molar-refractivity contribution is -0.186. The van der Waals surface area contributed by atoms with Crippen molar-refractivity contribution in [3.63, 3.8) is 0 Å². The number of hydrogen-bond acceptors (Lipinski definition) is 6. The van der Waals surface area contributed by atoms with Gasteiger partial charge in [-0.3, -0.25) is 9.59 Å². The zero-order chi connectivity index (χ0) is 21.4. The molecular formula is C22H27ClO6. The van der Waals surface area contributed by atoms with E-state index >= 15 is 0 Å². The summed E-state index contributed by atoms with van der Waals surface area (Å²) in [7, 11) is 0. The first-order chi connectivity index (χ1) is 13.5. The van der Waals surface area contributed by atoms with Crippen molar-refractivity contribution in [2.75, 3.05) is 6.61 Å². The Morgan fingerprint density at radius 1 is 1.31 bits per heavy atom. The molecule has 0 bridgehead atoms. The van der Waals surface area contributed by atoms with Gasteiger partial charge >= 0.3 is 11.9 Å². The summed E-state index contributed by atoms with van der Waals surface area (Å²) in [6.07, 6.45) is 4.03. The molecule has 4 rings (SSSR count). The molecule has 7 atom stereocenters. The van der Waals surface area contributed by atoms with Gasteiger partial charge in [-0.15, -0.1) is 0 Å². The number of cyclic esters (lactones) is 1. The topological polar surface area (TPSA) is 89.9 Å². The lowest BCUT2D eigenvalue weighted by atomic mass is 9.49. The molecule has 2 saturated carbocycles. The summed E-state index contributed by atoms with van der Waals surface area (Å²) >= 11 is 6.62. The number of fused-ring (bicyclic) bond motifs is 5. The second-order valence-electron chi connectivity index (χ2n) is 9.51. The van der Waals surface area contributed by atoms with E-state index in [4.69, 9.17) is 21.1 Å². The normalized spacial score (nSPS) is 45.8.